The van der Waals surface area contributed by atoms with Crippen LogP contribution >= 0.6 is 0 Å². The van der Waals surface area contributed by atoms with Gasteiger partial charge in [0, 0.05) is 6.54 Å². The average Bonchev–Trinajstić information content (AvgIpc) is 3.15. The molecule has 0 bridgehead atoms. The van der Waals surface area contributed by atoms with Crippen molar-refractivity contribution in [2.75, 3.05) is 6.26 Å². The van der Waals surface area contributed by atoms with Crippen LogP contribution in [0.15, 0.2) is 76.2 Å². The molecule has 0 aliphatic carbocycles. The van der Waals surface area contributed by atoms with Crippen LogP contribution in [0.1, 0.15) is 16.9 Å². The normalized spacial score (nSPS) is 12.2. The van der Waals surface area contributed by atoms with E-state index in [4.69, 9.17) is 8.60 Å². The fourth-order valence-electron chi connectivity index (χ4n) is 2.69. The highest BCUT2D eigenvalue weighted by Gasteiger charge is 2.26. The molecule has 29 heavy (non-hydrogen) atoms. The molecule has 0 amide bonds. The van der Waals surface area contributed by atoms with Crippen molar-refractivity contribution in [1.29, 1.82) is 0 Å². The summed E-state index contributed by atoms with van der Waals surface area (Å²) in [6, 6.07) is 16.3. The number of benzene rings is 2. The molecule has 0 saturated carbocycles. The molecule has 7 nitrogen and oxygen atoms in total. The summed E-state index contributed by atoms with van der Waals surface area (Å²) < 4.78 is 60.3. The van der Waals surface area contributed by atoms with Crippen molar-refractivity contribution in [3.8, 4) is 5.75 Å². The van der Waals surface area contributed by atoms with Crippen LogP contribution in [-0.2, 0) is 33.2 Å². The van der Waals surface area contributed by atoms with Crippen molar-refractivity contribution in [3.63, 3.8) is 0 Å². The van der Waals surface area contributed by atoms with Crippen LogP contribution in [0.25, 0.3) is 0 Å². The third kappa shape index (κ3) is 5.69. The Morgan fingerprint density at radius 2 is 1.55 bits per heavy atom. The van der Waals surface area contributed by atoms with Crippen LogP contribution < -0.4 is 4.18 Å². The molecule has 0 atom stereocenters. The SMILES string of the molecule is Cc1ccc(S(=O)(=O)N(Cc2ccc(OS(C)(=O)=O)cc2)Cc2ccco2)cc1. The molecule has 0 N–H and O–H groups in total. The van der Waals surface area contributed by atoms with Crippen LogP contribution in [-0.4, -0.2) is 27.4 Å². The van der Waals surface area contributed by atoms with Gasteiger partial charge >= 0.3 is 10.1 Å². The zero-order valence-electron chi connectivity index (χ0n) is 16.0. The largest absolute Gasteiger partial charge is 0.468 e. The fraction of sp³-hybridized carbons (Fsp3) is 0.200. The van der Waals surface area contributed by atoms with Crippen LogP contribution in [0.3, 0.4) is 0 Å². The van der Waals surface area contributed by atoms with Crippen molar-refractivity contribution in [3.05, 3.63) is 83.8 Å². The summed E-state index contributed by atoms with van der Waals surface area (Å²) in [4.78, 5) is 0.187. The molecule has 3 rings (SSSR count). The monoisotopic (exact) mass is 435 g/mol. The first-order chi connectivity index (χ1) is 13.6. The molecule has 0 fully saturated rings. The van der Waals surface area contributed by atoms with Crippen LogP contribution in [0.5, 0.6) is 5.75 Å². The minimum atomic E-state index is -3.78. The van der Waals surface area contributed by atoms with Gasteiger partial charge in [0.2, 0.25) is 10.0 Å². The number of nitrogens with zero attached hydrogens (tertiary/aromatic N) is 1. The number of aryl methyl sites for hydroxylation is 1. The third-order valence-corrected chi connectivity index (χ3v) is 6.40. The Labute approximate surface area is 170 Å². The van der Waals surface area contributed by atoms with Crippen molar-refractivity contribution in [2.45, 2.75) is 24.9 Å². The lowest BCUT2D eigenvalue weighted by Crippen LogP contribution is -2.30. The van der Waals surface area contributed by atoms with Gasteiger partial charge in [0.05, 0.1) is 24.0 Å². The standard InChI is InChI=1S/C20H21NO6S2/c1-16-5-11-20(12-6-16)29(24,25)21(15-19-4-3-13-26-19)14-17-7-9-18(10-8-17)27-28(2,22)23/h3-13H,14-15H2,1-2H3. The Balaban J connectivity index is 1.88. The molecule has 1 aromatic heterocycles. The second kappa shape index (κ2) is 8.40. The summed E-state index contributed by atoms with van der Waals surface area (Å²) >= 11 is 0. The van der Waals surface area contributed by atoms with Crippen LogP contribution in [0, 0.1) is 6.92 Å². The highest BCUT2D eigenvalue weighted by atomic mass is 32.2. The van der Waals surface area contributed by atoms with E-state index < -0.39 is 20.1 Å². The maximum absolute atomic E-state index is 13.2. The molecule has 0 radical (unpaired) electrons. The van der Waals surface area contributed by atoms with Gasteiger partial charge in [-0.1, -0.05) is 29.8 Å². The van der Waals surface area contributed by atoms with Gasteiger partial charge in [-0.25, -0.2) is 8.42 Å². The quantitative estimate of drug-likeness (QED) is 0.504. The summed E-state index contributed by atoms with van der Waals surface area (Å²) in [5.74, 6) is 0.674. The van der Waals surface area contributed by atoms with Gasteiger partial charge in [0.1, 0.15) is 11.5 Å². The van der Waals surface area contributed by atoms with Crippen LogP contribution in [0.2, 0.25) is 0 Å². The van der Waals surface area contributed by atoms with Crippen LogP contribution in [0.4, 0.5) is 0 Å². The van der Waals surface area contributed by atoms with Crippen molar-refractivity contribution >= 4 is 20.1 Å². The molecule has 9 heteroatoms. The molecule has 3 aromatic rings. The minimum Gasteiger partial charge on any atom is -0.468 e. The zero-order valence-corrected chi connectivity index (χ0v) is 17.6. The number of sulfonamides is 1. The molecule has 0 aliphatic rings. The predicted molar refractivity (Wildman–Crippen MR) is 108 cm³/mol. The van der Waals surface area contributed by atoms with E-state index in [1.807, 2.05) is 6.92 Å². The molecule has 154 valence electrons. The molecule has 1 heterocycles. The van der Waals surface area contributed by atoms with Crippen molar-refractivity contribution in [2.24, 2.45) is 0 Å². The lowest BCUT2D eigenvalue weighted by atomic mass is 10.2. The third-order valence-electron chi connectivity index (χ3n) is 4.10. The summed E-state index contributed by atoms with van der Waals surface area (Å²) in [5.41, 5.74) is 1.64. The summed E-state index contributed by atoms with van der Waals surface area (Å²) in [6.07, 6.45) is 2.45. The van der Waals surface area contributed by atoms with Crippen molar-refractivity contribution in [1.82, 2.24) is 4.31 Å². The Hall–Kier alpha value is -2.62. The second-order valence-electron chi connectivity index (χ2n) is 6.60. The Morgan fingerprint density at radius 1 is 0.897 bits per heavy atom. The van der Waals surface area contributed by atoms with E-state index in [1.54, 1.807) is 48.5 Å². The van der Waals surface area contributed by atoms with E-state index >= 15 is 0 Å². The smallest absolute Gasteiger partial charge is 0.306 e. The Morgan fingerprint density at radius 3 is 2.10 bits per heavy atom. The molecular weight excluding hydrogens is 414 g/mol. The number of rotatable bonds is 8. The highest BCUT2D eigenvalue weighted by Crippen LogP contribution is 2.23. The van der Waals surface area contributed by atoms with Gasteiger partial charge in [-0.3, -0.25) is 0 Å². The van der Waals surface area contributed by atoms with Gasteiger partial charge < -0.3 is 8.60 Å². The topological polar surface area (TPSA) is 93.9 Å². The van der Waals surface area contributed by atoms with E-state index in [2.05, 4.69) is 0 Å². The molecule has 0 saturated heterocycles. The molecule has 2 aromatic carbocycles. The summed E-state index contributed by atoms with van der Waals surface area (Å²) in [5, 5.41) is 0. The van der Waals surface area contributed by atoms with Gasteiger partial charge in [-0.05, 0) is 48.9 Å². The Kier molecular flexibility index (Phi) is 6.11. The number of hydrogen-bond donors (Lipinski definition) is 0. The van der Waals surface area contributed by atoms with Gasteiger partial charge in [-0.15, -0.1) is 0 Å². The van der Waals surface area contributed by atoms with Gasteiger partial charge in [0.25, 0.3) is 0 Å². The first-order valence-electron chi connectivity index (χ1n) is 8.71. The first-order valence-corrected chi connectivity index (χ1v) is 12.0. The molecular formula is C20H21NO6S2. The molecule has 0 unspecified atom stereocenters. The maximum Gasteiger partial charge on any atom is 0.306 e. The first kappa shape index (κ1) is 21.1. The average molecular weight is 436 g/mol. The summed E-state index contributed by atoms with van der Waals surface area (Å²) in [7, 11) is -7.41. The second-order valence-corrected chi connectivity index (χ2v) is 10.1. The van der Waals surface area contributed by atoms with E-state index in [-0.39, 0.29) is 23.7 Å². The van der Waals surface area contributed by atoms with E-state index in [9.17, 15) is 16.8 Å². The summed E-state index contributed by atoms with van der Waals surface area (Å²) in [6.45, 7) is 2.03. The molecule has 0 aliphatic heterocycles. The fourth-order valence-corrected chi connectivity index (χ4v) is 4.55. The maximum atomic E-state index is 13.2. The van der Waals surface area contributed by atoms with E-state index in [0.717, 1.165) is 11.8 Å². The number of hydrogen-bond acceptors (Lipinski definition) is 6. The predicted octanol–water partition coefficient (Wildman–Crippen LogP) is 3.32. The molecule has 0 spiro atoms. The van der Waals surface area contributed by atoms with E-state index in [1.165, 1.54) is 22.7 Å². The zero-order chi connectivity index (χ0) is 21.1. The van der Waals surface area contributed by atoms with Gasteiger partial charge in [-0.2, -0.15) is 12.7 Å². The lowest BCUT2D eigenvalue weighted by molar-refractivity contribution is 0.358. The minimum absolute atomic E-state index is 0.0603. The Bertz CT molecular complexity index is 1150. The lowest BCUT2D eigenvalue weighted by Gasteiger charge is -2.21. The van der Waals surface area contributed by atoms with Gasteiger partial charge in [0.15, 0.2) is 0 Å². The highest BCUT2D eigenvalue weighted by molar-refractivity contribution is 7.89. The van der Waals surface area contributed by atoms with E-state index in [0.29, 0.717) is 11.3 Å². The number of furan rings is 1. The van der Waals surface area contributed by atoms with Crippen molar-refractivity contribution < 1.29 is 25.4 Å².